The van der Waals surface area contributed by atoms with E-state index in [1.165, 1.54) is 6.08 Å². The van der Waals surface area contributed by atoms with Crippen molar-refractivity contribution in [3.8, 4) is 11.8 Å². The number of fused-ring (bicyclic) bond motifs is 1. The van der Waals surface area contributed by atoms with Crippen molar-refractivity contribution in [2.75, 3.05) is 13.7 Å². The number of esters is 1. The zero-order chi connectivity index (χ0) is 20.1. The van der Waals surface area contributed by atoms with Crippen LogP contribution in [0.3, 0.4) is 0 Å². The second-order valence-corrected chi connectivity index (χ2v) is 6.37. The summed E-state index contributed by atoms with van der Waals surface area (Å²) in [5.74, 6) is 0.0975. The molecule has 0 fully saturated rings. The molecule has 0 amide bonds. The van der Waals surface area contributed by atoms with Gasteiger partial charge in [0.15, 0.2) is 0 Å². The smallest absolute Gasteiger partial charge is 0.348 e. The Balaban J connectivity index is 2.15. The van der Waals surface area contributed by atoms with Gasteiger partial charge in [-0.3, -0.25) is 0 Å². The number of hydrogen-bond acceptors (Lipinski definition) is 4. The van der Waals surface area contributed by atoms with E-state index in [-0.39, 0.29) is 12.2 Å². The molecule has 3 aromatic rings. The average molecular weight is 395 g/mol. The Labute approximate surface area is 168 Å². The molecular formula is C22H19ClN2O3. The number of carbonyl (C=O) groups excluding carboxylic acids is 1. The Morgan fingerprint density at radius 1 is 1.21 bits per heavy atom. The number of aromatic nitrogens is 1. The van der Waals surface area contributed by atoms with Crippen molar-refractivity contribution >= 4 is 34.5 Å². The fourth-order valence-electron chi connectivity index (χ4n) is 3.08. The van der Waals surface area contributed by atoms with Gasteiger partial charge in [0.2, 0.25) is 0 Å². The summed E-state index contributed by atoms with van der Waals surface area (Å²) in [4.78, 5) is 12.0. The number of rotatable bonds is 6. The van der Waals surface area contributed by atoms with Crippen molar-refractivity contribution in [2.24, 2.45) is 0 Å². The van der Waals surface area contributed by atoms with E-state index >= 15 is 0 Å². The molecule has 0 aliphatic heterocycles. The van der Waals surface area contributed by atoms with Gasteiger partial charge in [0.25, 0.3) is 0 Å². The average Bonchev–Trinajstić information content (AvgIpc) is 2.98. The van der Waals surface area contributed by atoms with Crippen LogP contribution in [0.4, 0.5) is 0 Å². The monoisotopic (exact) mass is 394 g/mol. The molecular weight excluding hydrogens is 376 g/mol. The molecule has 1 aromatic heterocycles. The molecule has 0 N–H and O–H groups in total. The van der Waals surface area contributed by atoms with Gasteiger partial charge >= 0.3 is 5.97 Å². The summed E-state index contributed by atoms with van der Waals surface area (Å²) < 4.78 is 12.3. The molecule has 0 bridgehead atoms. The molecule has 142 valence electrons. The minimum Gasteiger partial charge on any atom is -0.496 e. The number of nitrogens with zero attached hydrogens (tertiary/aromatic N) is 2. The molecule has 2 aromatic carbocycles. The summed E-state index contributed by atoms with van der Waals surface area (Å²) in [6, 6.07) is 17.3. The number of ether oxygens (including phenoxy) is 2. The molecule has 0 aliphatic rings. The van der Waals surface area contributed by atoms with Gasteiger partial charge in [0.1, 0.15) is 22.5 Å². The number of nitriles is 1. The molecule has 28 heavy (non-hydrogen) atoms. The molecule has 0 atom stereocenters. The highest BCUT2D eigenvalue weighted by molar-refractivity contribution is 6.33. The van der Waals surface area contributed by atoms with Gasteiger partial charge in [-0.2, -0.15) is 5.26 Å². The first-order valence-electron chi connectivity index (χ1n) is 8.78. The van der Waals surface area contributed by atoms with Crippen LogP contribution in [0.2, 0.25) is 5.15 Å². The summed E-state index contributed by atoms with van der Waals surface area (Å²) in [5.41, 5.74) is 2.38. The predicted molar refractivity (Wildman–Crippen MR) is 109 cm³/mol. The largest absolute Gasteiger partial charge is 0.496 e. The van der Waals surface area contributed by atoms with Crippen LogP contribution in [-0.4, -0.2) is 24.3 Å². The van der Waals surface area contributed by atoms with Gasteiger partial charge in [-0.25, -0.2) is 4.79 Å². The molecule has 0 unspecified atom stereocenters. The predicted octanol–water partition coefficient (Wildman–Crippen LogP) is 4.82. The molecule has 6 heteroatoms. The highest BCUT2D eigenvalue weighted by Crippen LogP contribution is 2.33. The van der Waals surface area contributed by atoms with Gasteiger partial charge in [0.05, 0.1) is 25.8 Å². The first kappa shape index (κ1) is 19.5. The maximum absolute atomic E-state index is 12.0. The zero-order valence-electron chi connectivity index (χ0n) is 15.6. The molecule has 3 rings (SSSR count). The van der Waals surface area contributed by atoms with E-state index in [1.807, 2.05) is 59.2 Å². The standard InChI is InChI=1S/C22H19ClN2O3/c1-3-28-22(26)16(13-24)12-18-17-9-5-6-10-19(17)25(21(18)23)14-15-8-4-7-11-20(15)27-2/h4-12H,3,14H2,1-2H3. The van der Waals surface area contributed by atoms with E-state index in [4.69, 9.17) is 21.1 Å². The SMILES string of the molecule is CCOC(=O)C(C#N)=Cc1c(Cl)n(Cc2ccccc2OC)c2ccccc12. The van der Waals surface area contributed by atoms with Crippen LogP contribution >= 0.6 is 11.6 Å². The van der Waals surface area contributed by atoms with Crippen molar-refractivity contribution in [1.82, 2.24) is 4.57 Å². The van der Waals surface area contributed by atoms with Crippen LogP contribution in [0.1, 0.15) is 18.1 Å². The number of methoxy groups -OCH3 is 1. The second kappa shape index (κ2) is 8.64. The topological polar surface area (TPSA) is 64.2 Å². The lowest BCUT2D eigenvalue weighted by molar-refractivity contribution is -0.137. The Morgan fingerprint density at radius 3 is 2.64 bits per heavy atom. The first-order chi connectivity index (χ1) is 13.6. The summed E-state index contributed by atoms with van der Waals surface area (Å²) in [5, 5.41) is 10.7. The molecule has 0 radical (unpaired) electrons. The molecule has 1 heterocycles. The van der Waals surface area contributed by atoms with Gasteiger partial charge in [-0.15, -0.1) is 0 Å². The maximum Gasteiger partial charge on any atom is 0.348 e. The normalized spacial score (nSPS) is 11.3. The fourth-order valence-corrected chi connectivity index (χ4v) is 3.39. The van der Waals surface area contributed by atoms with Crippen molar-refractivity contribution < 1.29 is 14.3 Å². The third-order valence-corrected chi connectivity index (χ3v) is 4.78. The summed E-state index contributed by atoms with van der Waals surface area (Å²) in [6.07, 6.45) is 1.49. The molecule has 0 spiro atoms. The highest BCUT2D eigenvalue weighted by atomic mass is 35.5. The Morgan fingerprint density at radius 2 is 1.93 bits per heavy atom. The van der Waals surface area contributed by atoms with Gasteiger partial charge < -0.3 is 14.0 Å². The Kier molecular flexibility index (Phi) is 6.03. The third-order valence-electron chi connectivity index (χ3n) is 4.37. The van der Waals surface area contributed by atoms with E-state index in [9.17, 15) is 10.1 Å². The van der Waals surface area contributed by atoms with Gasteiger partial charge in [-0.05, 0) is 25.1 Å². The lowest BCUT2D eigenvalue weighted by Crippen LogP contribution is -2.06. The first-order valence-corrected chi connectivity index (χ1v) is 9.16. The quantitative estimate of drug-likeness (QED) is 0.341. The summed E-state index contributed by atoms with van der Waals surface area (Å²) in [7, 11) is 1.63. The minimum atomic E-state index is -0.664. The molecule has 0 aliphatic carbocycles. The maximum atomic E-state index is 12.0. The lowest BCUT2D eigenvalue weighted by Gasteiger charge is -2.11. The zero-order valence-corrected chi connectivity index (χ0v) is 16.4. The van der Waals surface area contributed by atoms with E-state index in [2.05, 4.69) is 0 Å². The third kappa shape index (κ3) is 3.73. The Hall–Kier alpha value is -3.23. The van der Waals surface area contributed by atoms with Crippen LogP contribution in [0.5, 0.6) is 5.75 Å². The molecule has 0 saturated heterocycles. The van der Waals surface area contributed by atoms with E-state index in [0.29, 0.717) is 17.3 Å². The fraction of sp³-hybridized carbons (Fsp3) is 0.182. The number of hydrogen-bond donors (Lipinski definition) is 0. The number of halogens is 1. The van der Waals surface area contributed by atoms with E-state index in [0.717, 1.165) is 22.2 Å². The minimum absolute atomic E-state index is 0.0936. The summed E-state index contributed by atoms with van der Waals surface area (Å²) >= 11 is 6.70. The Bertz CT molecular complexity index is 1090. The van der Waals surface area contributed by atoms with Crippen LogP contribution in [0, 0.1) is 11.3 Å². The van der Waals surface area contributed by atoms with Crippen LogP contribution in [0.15, 0.2) is 54.1 Å². The lowest BCUT2D eigenvalue weighted by atomic mass is 10.1. The molecule has 0 saturated carbocycles. The second-order valence-electron chi connectivity index (χ2n) is 6.01. The van der Waals surface area contributed by atoms with Gasteiger partial charge in [0, 0.05) is 16.5 Å². The van der Waals surface area contributed by atoms with E-state index < -0.39 is 5.97 Å². The van der Waals surface area contributed by atoms with Crippen molar-refractivity contribution in [3.05, 3.63) is 70.4 Å². The van der Waals surface area contributed by atoms with E-state index in [1.54, 1.807) is 14.0 Å². The highest BCUT2D eigenvalue weighted by Gasteiger charge is 2.18. The van der Waals surface area contributed by atoms with Crippen LogP contribution < -0.4 is 4.74 Å². The number of benzene rings is 2. The number of para-hydroxylation sites is 2. The van der Waals surface area contributed by atoms with Crippen LogP contribution in [-0.2, 0) is 16.1 Å². The summed E-state index contributed by atoms with van der Waals surface area (Å²) in [6.45, 7) is 2.37. The van der Waals surface area contributed by atoms with Crippen molar-refractivity contribution in [3.63, 3.8) is 0 Å². The van der Waals surface area contributed by atoms with Crippen molar-refractivity contribution in [2.45, 2.75) is 13.5 Å². The number of carbonyl (C=O) groups is 1. The van der Waals surface area contributed by atoms with Gasteiger partial charge in [-0.1, -0.05) is 48.0 Å². The molecule has 5 nitrogen and oxygen atoms in total. The van der Waals surface area contributed by atoms with Crippen LogP contribution in [0.25, 0.3) is 17.0 Å². The van der Waals surface area contributed by atoms with Crippen molar-refractivity contribution in [1.29, 1.82) is 5.26 Å².